The summed E-state index contributed by atoms with van der Waals surface area (Å²) in [6.45, 7) is 0.145. The lowest BCUT2D eigenvalue weighted by atomic mass is 9.78. The van der Waals surface area contributed by atoms with Gasteiger partial charge in [-0.3, -0.25) is 19.7 Å². The van der Waals surface area contributed by atoms with Crippen LogP contribution < -0.4 is 16.0 Å². The van der Waals surface area contributed by atoms with Crippen molar-refractivity contribution in [2.24, 2.45) is 0 Å². The lowest BCUT2D eigenvalue weighted by Crippen LogP contribution is -2.63. The first-order valence-corrected chi connectivity index (χ1v) is 11.7. The maximum Gasteiger partial charge on any atom is 0.322 e. The third-order valence-electron chi connectivity index (χ3n) is 6.99. The molecule has 9 nitrogen and oxygen atoms in total. The molecule has 0 radical (unpaired) electrons. The van der Waals surface area contributed by atoms with Crippen LogP contribution in [0.2, 0.25) is 0 Å². The SMILES string of the molecule is O=C1NC(=O)[C@@H](CC(=O)N(Cc2ccco2)C2(C(=O)NC3CCCCC3)CCCCC2)N1. The Morgan fingerprint density at radius 2 is 1.81 bits per heavy atom. The normalized spacial score (nSPS) is 23.3. The van der Waals surface area contributed by atoms with Crippen LogP contribution in [0, 0.1) is 0 Å². The first-order chi connectivity index (χ1) is 15.5. The van der Waals surface area contributed by atoms with Crippen molar-refractivity contribution in [1.29, 1.82) is 0 Å². The average Bonchev–Trinajstić information content (AvgIpc) is 3.42. The van der Waals surface area contributed by atoms with Crippen LogP contribution in [0.1, 0.15) is 76.4 Å². The summed E-state index contributed by atoms with van der Waals surface area (Å²) in [7, 11) is 0. The van der Waals surface area contributed by atoms with Crippen molar-refractivity contribution in [2.75, 3.05) is 0 Å². The highest BCUT2D eigenvalue weighted by Crippen LogP contribution is 2.36. The lowest BCUT2D eigenvalue weighted by Gasteiger charge is -2.45. The predicted octanol–water partition coefficient (Wildman–Crippen LogP) is 2.36. The van der Waals surface area contributed by atoms with Crippen LogP contribution in [0.4, 0.5) is 4.79 Å². The number of amides is 5. The van der Waals surface area contributed by atoms with Crippen molar-refractivity contribution >= 4 is 23.8 Å². The van der Waals surface area contributed by atoms with Crippen LogP contribution >= 0.6 is 0 Å². The molecule has 4 rings (SSSR count). The first-order valence-electron chi connectivity index (χ1n) is 11.7. The van der Waals surface area contributed by atoms with Crippen molar-refractivity contribution in [1.82, 2.24) is 20.9 Å². The average molecular weight is 445 g/mol. The number of furan rings is 1. The minimum atomic E-state index is -0.987. The van der Waals surface area contributed by atoms with Gasteiger partial charge in [-0.25, -0.2) is 4.79 Å². The maximum atomic E-state index is 13.7. The van der Waals surface area contributed by atoms with E-state index in [4.69, 9.17) is 4.42 Å². The molecule has 1 atom stereocenters. The second kappa shape index (κ2) is 9.75. The molecule has 0 spiro atoms. The van der Waals surface area contributed by atoms with E-state index in [0.717, 1.165) is 44.9 Å². The highest BCUT2D eigenvalue weighted by molar-refractivity contribution is 6.06. The number of carbonyl (C=O) groups is 4. The monoisotopic (exact) mass is 444 g/mol. The summed E-state index contributed by atoms with van der Waals surface area (Å²) in [6, 6.07) is 2.12. The quantitative estimate of drug-likeness (QED) is 0.558. The van der Waals surface area contributed by atoms with Gasteiger partial charge in [-0.2, -0.15) is 0 Å². The summed E-state index contributed by atoms with van der Waals surface area (Å²) in [4.78, 5) is 52.4. The van der Waals surface area contributed by atoms with Gasteiger partial charge in [0, 0.05) is 6.04 Å². The summed E-state index contributed by atoms with van der Waals surface area (Å²) in [6.07, 6.45) is 10.5. The molecule has 1 aromatic heterocycles. The van der Waals surface area contributed by atoms with Crippen LogP contribution in [0.25, 0.3) is 0 Å². The van der Waals surface area contributed by atoms with E-state index < -0.39 is 23.5 Å². The van der Waals surface area contributed by atoms with Gasteiger partial charge in [0.05, 0.1) is 19.2 Å². The van der Waals surface area contributed by atoms with E-state index in [9.17, 15) is 19.2 Å². The summed E-state index contributed by atoms with van der Waals surface area (Å²) < 4.78 is 5.51. The molecular weight excluding hydrogens is 412 g/mol. The summed E-state index contributed by atoms with van der Waals surface area (Å²) in [5.41, 5.74) is -0.987. The Morgan fingerprint density at radius 1 is 1.09 bits per heavy atom. The Kier molecular flexibility index (Phi) is 6.81. The molecule has 3 N–H and O–H groups in total. The molecule has 2 saturated carbocycles. The van der Waals surface area contributed by atoms with Gasteiger partial charge < -0.3 is 20.0 Å². The fourth-order valence-electron chi connectivity index (χ4n) is 5.25. The number of urea groups is 1. The topological polar surface area (TPSA) is 121 Å². The molecule has 3 aliphatic rings. The predicted molar refractivity (Wildman–Crippen MR) is 115 cm³/mol. The molecule has 1 saturated heterocycles. The van der Waals surface area contributed by atoms with Gasteiger partial charge in [0.2, 0.25) is 11.8 Å². The molecule has 1 aliphatic heterocycles. The zero-order chi connectivity index (χ0) is 22.6. The Hall–Kier alpha value is -2.84. The minimum Gasteiger partial charge on any atom is -0.467 e. The van der Waals surface area contributed by atoms with Crippen LogP contribution in [-0.2, 0) is 20.9 Å². The highest BCUT2D eigenvalue weighted by Gasteiger charge is 2.48. The molecule has 0 unspecified atom stereocenters. The van der Waals surface area contributed by atoms with Crippen molar-refractivity contribution in [3.8, 4) is 0 Å². The summed E-state index contributed by atoms with van der Waals surface area (Å²) in [5, 5.41) is 7.89. The van der Waals surface area contributed by atoms with Gasteiger partial charge >= 0.3 is 6.03 Å². The van der Waals surface area contributed by atoms with E-state index in [2.05, 4.69) is 16.0 Å². The van der Waals surface area contributed by atoms with Gasteiger partial charge in [-0.1, -0.05) is 38.5 Å². The van der Waals surface area contributed by atoms with Gasteiger partial charge in [-0.15, -0.1) is 0 Å². The maximum absolute atomic E-state index is 13.7. The van der Waals surface area contributed by atoms with Crippen molar-refractivity contribution in [3.63, 3.8) is 0 Å². The van der Waals surface area contributed by atoms with E-state index in [0.29, 0.717) is 18.6 Å². The number of imide groups is 1. The lowest BCUT2D eigenvalue weighted by molar-refractivity contribution is -0.153. The van der Waals surface area contributed by atoms with E-state index in [-0.39, 0.29) is 30.8 Å². The fraction of sp³-hybridized carbons (Fsp3) is 0.652. The van der Waals surface area contributed by atoms with Crippen molar-refractivity contribution in [3.05, 3.63) is 24.2 Å². The van der Waals surface area contributed by atoms with Gasteiger partial charge in [0.25, 0.3) is 5.91 Å². The molecular formula is C23H32N4O5. The minimum absolute atomic E-state index is 0.107. The molecule has 5 amide bonds. The van der Waals surface area contributed by atoms with Crippen LogP contribution in [-0.4, -0.2) is 46.3 Å². The molecule has 1 aromatic rings. The van der Waals surface area contributed by atoms with Crippen molar-refractivity contribution < 1.29 is 23.6 Å². The Balaban J connectivity index is 1.60. The molecule has 32 heavy (non-hydrogen) atoms. The number of rotatable bonds is 7. The number of nitrogens with one attached hydrogen (secondary N) is 3. The standard InChI is InChI=1S/C23H32N4O5/c28-19(14-18-20(29)26-22(31)25-18)27(15-17-10-7-13-32-17)23(11-5-2-6-12-23)21(30)24-16-8-3-1-4-9-16/h7,10,13,16,18H,1-6,8-9,11-12,14-15H2,(H,24,30)(H2,25,26,29,31)/t18-/m1/s1. The zero-order valence-electron chi connectivity index (χ0n) is 18.4. The third-order valence-corrected chi connectivity index (χ3v) is 6.99. The summed E-state index contributed by atoms with van der Waals surface area (Å²) in [5.74, 6) is -0.396. The third kappa shape index (κ3) is 4.81. The van der Waals surface area contributed by atoms with Crippen LogP contribution in [0.15, 0.2) is 22.8 Å². The second-order valence-electron chi connectivity index (χ2n) is 9.18. The number of hydrogen-bond acceptors (Lipinski definition) is 5. The molecule has 2 aliphatic carbocycles. The molecule has 174 valence electrons. The van der Waals surface area contributed by atoms with Gasteiger partial charge in [0.1, 0.15) is 17.3 Å². The molecule has 3 fully saturated rings. The van der Waals surface area contributed by atoms with E-state index in [1.54, 1.807) is 17.0 Å². The smallest absolute Gasteiger partial charge is 0.322 e. The first kappa shape index (κ1) is 22.4. The number of nitrogens with zero attached hydrogens (tertiary/aromatic N) is 1. The van der Waals surface area contributed by atoms with Crippen LogP contribution in [0.3, 0.4) is 0 Å². The van der Waals surface area contributed by atoms with Crippen LogP contribution in [0.5, 0.6) is 0 Å². The molecule has 9 heteroatoms. The largest absolute Gasteiger partial charge is 0.467 e. The Labute approximate surface area is 187 Å². The fourth-order valence-corrected chi connectivity index (χ4v) is 5.25. The Bertz CT molecular complexity index is 841. The zero-order valence-corrected chi connectivity index (χ0v) is 18.4. The van der Waals surface area contributed by atoms with E-state index in [1.165, 1.54) is 12.7 Å². The van der Waals surface area contributed by atoms with Crippen molar-refractivity contribution in [2.45, 2.75) is 94.8 Å². The highest BCUT2D eigenvalue weighted by atomic mass is 16.3. The second-order valence-corrected chi connectivity index (χ2v) is 9.18. The summed E-state index contributed by atoms with van der Waals surface area (Å²) >= 11 is 0. The van der Waals surface area contributed by atoms with E-state index >= 15 is 0 Å². The van der Waals surface area contributed by atoms with Gasteiger partial charge in [-0.05, 0) is 37.8 Å². The Morgan fingerprint density at radius 3 is 2.44 bits per heavy atom. The van der Waals surface area contributed by atoms with E-state index in [1.807, 2.05) is 0 Å². The van der Waals surface area contributed by atoms with Gasteiger partial charge in [0.15, 0.2) is 0 Å². The molecule has 0 bridgehead atoms. The number of carbonyl (C=O) groups excluding carboxylic acids is 4. The number of hydrogen-bond donors (Lipinski definition) is 3. The molecule has 0 aromatic carbocycles. The molecule has 2 heterocycles.